The molecule has 5 aromatic rings. The van der Waals surface area contributed by atoms with Crippen LogP contribution >= 0.6 is 11.6 Å². The second-order valence-corrected chi connectivity index (χ2v) is 8.39. The highest BCUT2D eigenvalue weighted by Gasteiger charge is 2.13. The predicted molar refractivity (Wildman–Crippen MR) is 140 cm³/mol. The summed E-state index contributed by atoms with van der Waals surface area (Å²) in [6, 6.07) is 29.4. The van der Waals surface area contributed by atoms with Crippen LogP contribution in [0.1, 0.15) is 18.1 Å². The second-order valence-electron chi connectivity index (χ2n) is 7.98. The Hall–Kier alpha value is -3.96. The maximum absolute atomic E-state index is 6.33. The van der Waals surface area contributed by atoms with Crippen molar-refractivity contribution in [1.82, 2.24) is 4.98 Å². The zero-order valence-corrected chi connectivity index (χ0v) is 20.1. The number of nitrogens with zero attached hydrogens (tertiary/aromatic N) is 1. The Labute approximate surface area is 209 Å². The van der Waals surface area contributed by atoms with Crippen molar-refractivity contribution in [2.45, 2.75) is 20.1 Å². The minimum atomic E-state index is 0.351. The fourth-order valence-corrected chi connectivity index (χ4v) is 4.04. The summed E-state index contributed by atoms with van der Waals surface area (Å²) in [5.74, 6) is 2.01. The fraction of sp³-hybridized carbons (Fsp3) is 0.138. The molecule has 1 heterocycles. The van der Waals surface area contributed by atoms with E-state index >= 15 is 0 Å². The van der Waals surface area contributed by atoms with Crippen molar-refractivity contribution in [2.24, 2.45) is 0 Å². The molecular formula is C29H25ClN2O3. The average Bonchev–Trinajstić information content (AvgIpc) is 3.33. The number of para-hydroxylation sites is 3. The maximum atomic E-state index is 6.33. The number of hydrogen-bond donors (Lipinski definition) is 1. The molecule has 6 heteroatoms. The highest BCUT2D eigenvalue weighted by Crippen LogP contribution is 2.34. The minimum absolute atomic E-state index is 0.351. The Morgan fingerprint density at radius 1 is 0.857 bits per heavy atom. The SMILES string of the molecule is CCOc1cccc(CNc2cccc(-c3nc4ccccc4o3)c2)c1OCc1ccccc1Cl. The molecule has 0 aliphatic rings. The van der Waals surface area contributed by atoms with Crippen LogP contribution in [0.25, 0.3) is 22.6 Å². The summed E-state index contributed by atoms with van der Waals surface area (Å²) in [6.45, 7) is 3.41. The van der Waals surface area contributed by atoms with Gasteiger partial charge < -0.3 is 19.2 Å². The number of halogens is 1. The van der Waals surface area contributed by atoms with Crippen molar-refractivity contribution in [3.8, 4) is 23.0 Å². The maximum Gasteiger partial charge on any atom is 0.227 e. The molecule has 0 amide bonds. The van der Waals surface area contributed by atoms with Crippen molar-refractivity contribution in [1.29, 1.82) is 0 Å². The molecule has 0 spiro atoms. The lowest BCUT2D eigenvalue weighted by atomic mass is 10.1. The molecule has 0 unspecified atom stereocenters. The molecule has 35 heavy (non-hydrogen) atoms. The predicted octanol–water partition coefficient (Wildman–Crippen LogP) is 7.74. The van der Waals surface area contributed by atoms with Gasteiger partial charge in [0.1, 0.15) is 12.1 Å². The normalized spacial score (nSPS) is 10.9. The lowest BCUT2D eigenvalue weighted by molar-refractivity contribution is 0.267. The molecule has 1 N–H and O–H groups in total. The zero-order valence-electron chi connectivity index (χ0n) is 19.3. The highest BCUT2D eigenvalue weighted by molar-refractivity contribution is 6.31. The average molecular weight is 485 g/mol. The highest BCUT2D eigenvalue weighted by atomic mass is 35.5. The van der Waals surface area contributed by atoms with Crippen LogP contribution in [0.2, 0.25) is 5.02 Å². The van der Waals surface area contributed by atoms with Gasteiger partial charge in [0, 0.05) is 33.9 Å². The quantitative estimate of drug-likeness (QED) is 0.232. The first kappa shape index (κ1) is 22.8. The van der Waals surface area contributed by atoms with Gasteiger partial charge in [-0.15, -0.1) is 0 Å². The van der Waals surface area contributed by atoms with Crippen LogP contribution in [-0.2, 0) is 13.2 Å². The van der Waals surface area contributed by atoms with E-state index in [0.717, 1.165) is 33.5 Å². The number of nitrogens with one attached hydrogen (secondary N) is 1. The Kier molecular flexibility index (Phi) is 6.87. The minimum Gasteiger partial charge on any atom is -0.490 e. The summed E-state index contributed by atoms with van der Waals surface area (Å²) >= 11 is 6.33. The summed E-state index contributed by atoms with van der Waals surface area (Å²) in [4.78, 5) is 4.61. The smallest absolute Gasteiger partial charge is 0.227 e. The number of oxazole rings is 1. The largest absolute Gasteiger partial charge is 0.490 e. The summed E-state index contributed by atoms with van der Waals surface area (Å²) < 4.78 is 18.0. The Balaban J connectivity index is 1.36. The van der Waals surface area contributed by atoms with Crippen LogP contribution in [0.15, 0.2) is 95.4 Å². The lowest BCUT2D eigenvalue weighted by Crippen LogP contribution is -2.06. The van der Waals surface area contributed by atoms with Crippen molar-refractivity contribution in [2.75, 3.05) is 11.9 Å². The number of ether oxygens (including phenoxy) is 2. The number of fused-ring (bicyclic) bond motifs is 1. The van der Waals surface area contributed by atoms with Gasteiger partial charge in [0.15, 0.2) is 17.1 Å². The summed E-state index contributed by atoms with van der Waals surface area (Å²) in [6.07, 6.45) is 0. The molecule has 0 bridgehead atoms. The topological polar surface area (TPSA) is 56.5 Å². The second kappa shape index (κ2) is 10.5. The van der Waals surface area contributed by atoms with Gasteiger partial charge in [-0.25, -0.2) is 4.98 Å². The van der Waals surface area contributed by atoms with E-state index in [1.54, 1.807) is 0 Å². The number of aromatic nitrogens is 1. The Morgan fingerprint density at radius 2 is 1.66 bits per heavy atom. The third-order valence-corrected chi connectivity index (χ3v) is 5.95. The summed E-state index contributed by atoms with van der Waals surface area (Å²) in [5.41, 5.74) is 5.37. The number of rotatable bonds is 9. The van der Waals surface area contributed by atoms with Gasteiger partial charge in [-0.3, -0.25) is 0 Å². The van der Waals surface area contributed by atoms with Gasteiger partial charge in [-0.05, 0) is 49.4 Å². The van der Waals surface area contributed by atoms with E-state index in [-0.39, 0.29) is 0 Å². The third kappa shape index (κ3) is 5.26. The van der Waals surface area contributed by atoms with E-state index in [9.17, 15) is 0 Å². The fourth-order valence-electron chi connectivity index (χ4n) is 3.85. The Bertz CT molecular complexity index is 1410. The molecule has 0 saturated carbocycles. The molecular weight excluding hydrogens is 460 g/mol. The molecule has 5 nitrogen and oxygen atoms in total. The third-order valence-electron chi connectivity index (χ3n) is 5.58. The van der Waals surface area contributed by atoms with Crippen LogP contribution in [0.5, 0.6) is 11.5 Å². The van der Waals surface area contributed by atoms with Crippen LogP contribution < -0.4 is 14.8 Å². The van der Waals surface area contributed by atoms with E-state index in [1.807, 2.05) is 97.9 Å². The molecule has 0 radical (unpaired) electrons. The molecule has 0 aliphatic heterocycles. The molecule has 5 rings (SSSR count). The number of hydrogen-bond acceptors (Lipinski definition) is 5. The van der Waals surface area contributed by atoms with Gasteiger partial charge in [0.2, 0.25) is 5.89 Å². The van der Waals surface area contributed by atoms with Gasteiger partial charge in [0.05, 0.1) is 6.61 Å². The monoisotopic (exact) mass is 484 g/mol. The first-order chi connectivity index (χ1) is 17.2. The lowest BCUT2D eigenvalue weighted by Gasteiger charge is -2.17. The zero-order chi connectivity index (χ0) is 24.0. The van der Waals surface area contributed by atoms with Crippen molar-refractivity contribution >= 4 is 28.4 Å². The molecule has 176 valence electrons. The molecule has 4 aromatic carbocycles. The summed E-state index contributed by atoms with van der Waals surface area (Å²) in [7, 11) is 0. The van der Waals surface area contributed by atoms with E-state index < -0.39 is 0 Å². The number of benzene rings is 4. The van der Waals surface area contributed by atoms with Gasteiger partial charge in [0.25, 0.3) is 0 Å². The molecule has 0 saturated heterocycles. The number of anilines is 1. The molecule has 0 aliphatic carbocycles. The molecule has 0 fully saturated rings. The van der Waals surface area contributed by atoms with Crippen LogP contribution in [0.3, 0.4) is 0 Å². The van der Waals surface area contributed by atoms with Crippen LogP contribution in [0.4, 0.5) is 5.69 Å². The van der Waals surface area contributed by atoms with E-state index in [4.69, 9.17) is 25.5 Å². The van der Waals surface area contributed by atoms with Gasteiger partial charge in [-0.1, -0.05) is 60.1 Å². The van der Waals surface area contributed by atoms with E-state index in [0.29, 0.717) is 42.2 Å². The Morgan fingerprint density at radius 3 is 2.51 bits per heavy atom. The van der Waals surface area contributed by atoms with Gasteiger partial charge >= 0.3 is 0 Å². The molecule has 0 atom stereocenters. The molecule has 1 aromatic heterocycles. The van der Waals surface area contributed by atoms with Gasteiger partial charge in [-0.2, -0.15) is 0 Å². The van der Waals surface area contributed by atoms with Crippen molar-refractivity contribution in [3.05, 3.63) is 107 Å². The first-order valence-electron chi connectivity index (χ1n) is 11.5. The van der Waals surface area contributed by atoms with Crippen molar-refractivity contribution < 1.29 is 13.9 Å². The van der Waals surface area contributed by atoms with Crippen molar-refractivity contribution in [3.63, 3.8) is 0 Å². The first-order valence-corrected chi connectivity index (χ1v) is 11.9. The van der Waals surface area contributed by atoms with E-state index in [1.165, 1.54) is 0 Å². The van der Waals surface area contributed by atoms with E-state index in [2.05, 4.69) is 10.3 Å². The summed E-state index contributed by atoms with van der Waals surface area (Å²) in [5, 5.41) is 4.17. The van der Waals surface area contributed by atoms with Crippen LogP contribution in [0, 0.1) is 0 Å². The standard InChI is InChI=1S/C29H25ClN2O3/c1-2-33-27-16-8-11-21(28(27)34-19-22-9-3-4-13-24(22)30)18-31-23-12-7-10-20(17-23)29-32-25-14-5-6-15-26(25)35-29/h3-17,31H,2,18-19H2,1H3. The van der Waals surface area contributed by atoms with Crippen LogP contribution in [-0.4, -0.2) is 11.6 Å².